The van der Waals surface area contributed by atoms with Gasteiger partial charge < -0.3 is 5.32 Å². The molecule has 30 heavy (non-hydrogen) atoms. The number of halogens is 1. The second-order valence-electron chi connectivity index (χ2n) is 7.24. The summed E-state index contributed by atoms with van der Waals surface area (Å²) in [6, 6.07) is 23.1. The lowest BCUT2D eigenvalue weighted by Crippen LogP contribution is -2.42. The number of nitrogens with zero attached hydrogens (tertiary/aromatic N) is 1. The summed E-state index contributed by atoms with van der Waals surface area (Å²) in [5.74, 6) is -0.553. The van der Waals surface area contributed by atoms with Crippen molar-refractivity contribution in [1.29, 1.82) is 0 Å². The molecule has 2 amide bonds. The van der Waals surface area contributed by atoms with Crippen LogP contribution in [0.1, 0.15) is 33.1 Å². The Morgan fingerprint density at radius 3 is 2.47 bits per heavy atom. The van der Waals surface area contributed by atoms with Gasteiger partial charge in [-0.3, -0.25) is 9.59 Å². The summed E-state index contributed by atoms with van der Waals surface area (Å²) in [6.07, 6.45) is 1.84. The van der Waals surface area contributed by atoms with Crippen LogP contribution in [0.15, 0.2) is 78.9 Å². The number of amides is 2. The van der Waals surface area contributed by atoms with Gasteiger partial charge in [0.1, 0.15) is 0 Å². The second-order valence-corrected chi connectivity index (χ2v) is 7.68. The Morgan fingerprint density at radius 2 is 1.77 bits per heavy atom. The molecule has 3 aromatic carbocycles. The highest BCUT2D eigenvalue weighted by atomic mass is 35.5. The fourth-order valence-corrected chi connectivity index (χ4v) is 3.68. The quantitative estimate of drug-likeness (QED) is 0.635. The molecule has 4 rings (SSSR count). The molecule has 6 heteroatoms. The largest absolute Gasteiger partial charge is 0.334 e. The number of rotatable bonds is 4. The Labute approximate surface area is 180 Å². The van der Waals surface area contributed by atoms with Crippen molar-refractivity contribution in [2.24, 2.45) is 0 Å². The standard InChI is InChI=1S/C24H20ClN3O2/c1-16-6-5-9-19(14-16)23(29)26-21-22(18-7-3-2-4-8-18)28(27-24(21)30)15-17-10-12-20(25)13-11-17/h2-15,21-22H,1H3,(H-,26,27,29,30)/p+1/b28-15-/t21-,22+/m0/s1. The van der Waals surface area contributed by atoms with Crippen LogP contribution in [0, 0.1) is 6.92 Å². The Bertz CT molecular complexity index is 1110. The molecule has 0 unspecified atom stereocenters. The van der Waals surface area contributed by atoms with Gasteiger partial charge in [0.15, 0.2) is 6.04 Å². The molecule has 150 valence electrons. The third kappa shape index (κ3) is 4.26. The van der Waals surface area contributed by atoms with E-state index in [2.05, 4.69) is 10.7 Å². The fourth-order valence-electron chi connectivity index (χ4n) is 3.55. The molecule has 1 fully saturated rings. The van der Waals surface area contributed by atoms with E-state index in [1.54, 1.807) is 28.9 Å². The van der Waals surface area contributed by atoms with Crippen molar-refractivity contribution in [3.05, 3.63) is 106 Å². The predicted molar refractivity (Wildman–Crippen MR) is 117 cm³/mol. The molecular weight excluding hydrogens is 398 g/mol. The van der Waals surface area contributed by atoms with E-state index in [0.29, 0.717) is 10.6 Å². The summed E-state index contributed by atoms with van der Waals surface area (Å²) in [4.78, 5) is 25.7. The normalized spacial score (nSPS) is 19.5. The van der Waals surface area contributed by atoms with Gasteiger partial charge in [0.2, 0.25) is 12.3 Å². The van der Waals surface area contributed by atoms with Crippen LogP contribution in [0.5, 0.6) is 0 Å². The van der Waals surface area contributed by atoms with Gasteiger partial charge in [-0.15, -0.1) is 10.1 Å². The van der Waals surface area contributed by atoms with E-state index in [1.807, 2.05) is 67.7 Å². The van der Waals surface area contributed by atoms with Crippen LogP contribution in [0.4, 0.5) is 0 Å². The first-order valence-electron chi connectivity index (χ1n) is 9.63. The maximum Gasteiger partial charge on any atom is 0.304 e. The lowest BCUT2D eigenvalue weighted by atomic mass is 9.99. The van der Waals surface area contributed by atoms with Crippen LogP contribution < -0.4 is 10.7 Å². The van der Waals surface area contributed by atoms with E-state index in [9.17, 15) is 9.59 Å². The Kier molecular flexibility index (Phi) is 5.63. The molecular formula is C24H21ClN3O2+. The number of nitrogens with one attached hydrogen (secondary N) is 2. The zero-order valence-corrected chi connectivity index (χ0v) is 17.1. The van der Waals surface area contributed by atoms with Gasteiger partial charge in [-0.2, -0.15) is 0 Å². The van der Waals surface area contributed by atoms with E-state index < -0.39 is 12.1 Å². The minimum atomic E-state index is -0.746. The van der Waals surface area contributed by atoms with Crippen LogP contribution in [0.2, 0.25) is 5.02 Å². The number of carbonyl (C=O) groups is 2. The maximum absolute atomic E-state index is 12.8. The molecule has 1 aliphatic heterocycles. The minimum Gasteiger partial charge on any atom is -0.334 e. The molecule has 5 nitrogen and oxygen atoms in total. The molecule has 0 aliphatic carbocycles. The molecule has 1 saturated heterocycles. The van der Waals surface area contributed by atoms with Crippen molar-refractivity contribution in [3.8, 4) is 0 Å². The van der Waals surface area contributed by atoms with Crippen molar-refractivity contribution >= 4 is 29.6 Å². The van der Waals surface area contributed by atoms with Gasteiger partial charge in [-0.1, -0.05) is 59.6 Å². The van der Waals surface area contributed by atoms with E-state index >= 15 is 0 Å². The monoisotopic (exact) mass is 418 g/mol. The van der Waals surface area contributed by atoms with Crippen LogP contribution >= 0.6 is 11.6 Å². The molecule has 0 bridgehead atoms. The molecule has 1 aliphatic rings. The first kappa shape index (κ1) is 19.9. The van der Waals surface area contributed by atoms with Crippen molar-refractivity contribution in [2.45, 2.75) is 19.0 Å². The van der Waals surface area contributed by atoms with E-state index in [4.69, 9.17) is 11.6 Å². The first-order valence-corrected chi connectivity index (χ1v) is 10.0. The molecule has 0 spiro atoms. The molecule has 2 N–H and O–H groups in total. The van der Waals surface area contributed by atoms with Gasteiger partial charge in [-0.25, -0.2) is 0 Å². The molecule has 0 aromatic heterocycles. The Hall–Kier alpha value is -3.44. The topological polar surface area (TPSA) is 61.2 Å². The minimum absolute atomic E-state index is 0.268. The highest BCUT2D eigenvalue weighted by Gasteiger charge is 2.47. The zero-order valence-electron chi connectivity index (χ0n) is 16.4. The number of hydrogen-bond acceptors (Lipinski definition) is 2. The molecule has 3 aromatic rings. The zero-order chi connectivity index (χ0) is 21.1. The third-order valence-electron chi connectivity index (χ3n) is 5.00. The summed E-state index contributed by atoms with van der Waals surface area (Å²) in [5, 5.41) is 3.55. The lowest BCUT2D eigenvalue weighted by molar-refractivity contribution is -0.596. The number of carbonyl (C=O) groups excluding carboxylic acids is 2. The first-order chi connectivity index (χ1) is 14.5. The summed E-state index contributed by atoms with van der Waals surface area (Å²) in [6.45, 7) is 1.93. The van der Waals surface area contributed by atoms with Gasteiger partial charge in [0.05, 0.1) is 0 Å². The van der Waals surface area contributed by atoms with Crippen LogP contribution in [0.25, 0.3) is 0 Å². The van der Waals surface area contributed by atoms with Crippen LogP contribution in [0.3, 0.4) is 0 Å². The lowest BCUT2D eigenvalue weighted by Gasteiger charge is -2.15. The van der Waals surface area contributed by atoms with Gasteiger partial charge in [0.25, 0.3) is 5.91 Å². The fraction of sp³-hybridized carbons (Fsp3) is 0.125. The maximum atomic E-state index is 12.8. The average molecular weight is 419 g/mol. The van der Waals surface area contributed by atoms with Gasteiger partial charge in [0, 0.05) is 21.7 Å². The van der Waals surface area contributed by atoms with Crippen molar-refractivity contribution in [3.63, 3.8) is 0 Å². The second kappa shape index (κ2) is 8.51. The van der Waals surface area contributed by atoms with Crippen LogP contribution in [-0.4, -0.2) is 28.8 Å². The SMILES string of the molecule is Cc1cccc(C(=O)N[C@@H]2C(=O)N/[N+](=C\c3ccc(Cl)cc3)[C@@H]2c2ccccc2)c1. The molecule has 2 atom stereocenters. The Balaban J connectivity index is 1.69. The Morgan fingerprint density at radius 1 is 1.03 bits per heavy atom. The summed E-state index contributed by atoms with van der Waals surface area (Å²) < 4.78 is 1.74. The third-order valence-corrected chi connectivity index (χ3v) is 5.26. The summed E-state index contributed by atoms with van der Waals surface area (Å²) in [7, 11) is 0. The van der Waals surface area contributed by atoms with E-state index in [0.717, 1.165) is 16.7 Å². The van der Waals surface area contributed by atoms with Gasteiger partial charge in [-0.05, 0) is 43.3 Å². The van der Waals surface area contributed by atoms with E-state index in [-0.39, 0.29) is 11.8 Å². The molecule has 0 radical (unpaired) electrons. The number of aryl methyl sites for hydroxylation is 1. The number of benzene rings is 3. The smallest absolute Gasteiger partial charge is 0.304 e. The summed E-state index contributed by atoms with van der Waals surface area (Å²) in [5.41, 5.74) is 6.17. The van der Waals surface area contributed by atoms with Crippen molar-refractivity contribution in [2.75, 3.05) is 0 Å². The molecule has 0 saturated carbocycles. The summed E-state index contributed by atoms with van der Waals surface area (Å²) >= 11 is 5.98. The average Bonchev–Trinajstić information content (AvgIpc) is 3.05. The van der Waals surface area contributed by atoms with Gasteiger partial charge >= 0.3 is 5.91 Å². The highest BCUT2D eigenvalue weighted by Crippen LogP contribution is 2.25. The predicted octanol–water partition coefficient (Wildman–Crippen LogP) is 3.66. The number of hydrazone groups is 1. The van der Waals surface area contributed by atoms with Crippen molar-refractivity contribution in [1.82, 2.24) is 10.7 Å². The van der Waals surface area contributed by atoms with Crippen molar-refractivity contribution < 1.29 is 14.3 Å². The number of hydrazine groups is 1. The van der Waals surface area contributed by atoms with E-state index in [1.165, 1.54) is 0 Å². The highest BCUT2D eigenvalue weighted by molar-refractivity contribution is 6.30. The number of hydrogen-bond donors (Lipinski definition) is 2. The molecule has 1 heterocycles. The van der Waals surface area contributed by atoms with Crippen LogP contribution in [-0.2, 0) is 4.79 Å².